The molecule has 2 aromatic rings. The molecule has 1 heterocycles. The Hall–Kier alpha value is -2.69. The summed E-state index contributed by atoms with van der Waals surface area (Å²) in [6, 6.07) is 12.9. The Balaban J connectivity index is 1.71. The number of carbonyl (C=O) groups excluding carboxylic acids is 1. The fourth-order valence-electron chi connectivity index (χ4n) is 2.33. The van der Waals surface area contributed by atoms with Gasteiger partial charge in [0.05, 0.1) is 7.11 Å². The van der Waals surface area contributed by atoms with E-state index >= 15 is 0 Å². The number of benzene rings is 2. The van der Waals surface area contributed by atoms with Gasteiger partial charge in [0.1, 0.15) is 5.75 Å². The molecular weight excluding hydrogens is 282 g/mol. The lowest BCUT2D eigenvalue weighted by Crippen LogP contribution is -2.26. The Morgan fingerprint density at radius 1 is 1.14 bits per heavy atom. The first-order valence-electron chi connectivity index (χ1n) is 6.95. The minimum absolute atomic E-state index is 0.0610. The zero-order valence-corrected chi connectivity index (χ0v) is 12.5. The van der Waals surface area contributed by atoms with Gasteiger partial charge in [0.15, 0.2) is 11.5 Å². The van der Waals surface area contributed by atoms with Crippen molar-refractivity contribution in [3.63, 3.8) is 0 Å². The van der Waals surface area contributed by atoms with Crippen molar-refractivity contribution in [3.05, 3.63) is 53.6 Å². The zero-order chi connectivity index (χ0) is 15.5. The van der Waals surface area contributed by atoms with Crippen molar-refractivity contribution in [2.24, 2.45) is 0 Å². The monoisotopic (exact) mass is 299 g/mol. The van der Waals surface area contributed by atoms with Crippen LogP contribution < -0.4 is 14.2 Å². The molecule has 0 spiro atoms. The van der Waals surface area contributed by atoms with Gasteiger partial charge < -0.3 is 19.1 Å². The first kappa shape index (κ1) is 14.3. The van der Waals surface area contributed by atoms with E-state index in [0.717, 1.165) is 11.3 Å². The average molecular weight is 299 g/mol. The Morgan fingerprint density at radius 3 is 2.59 bits per heavy atom. The maximum Gasteiger partial charge on any atom is 0.254 e. The van der Waals surface area contributed by atoms with Gasteiger partial charge in [-0.2, -0.15) is 0 Å². The largest absolute Gasteiger partial charge is 0.497 e. The highest BCUT2D eigenvalue weighted by atomic mass is 16.7. The fraction of sp³-hybridized carbons (Fsp3) is 0.235. The summed E-state index contributed by atoms with van der Waals surface area (Å²) in [4.78, 5) is 14.1. The van der Waals surface area contributed by atoms with Gasteiger partial charge in [-0.1, -0.05) is 12.1 Å². The van der Waals surface area contributed by atoms with Crippen LogP contribution in [0.4, 0.5) is 0 Å². The van der Waals surface area contributed by atoms with Crippen LogP contribution >= 0.6 is 0 Å². The molecule has 0 saturated carbocycles. The molecule has 0 saturated heterocycles. The third-order valence-electron chi connectivity index (χ3n) is 3.55. The van der Waals surface area contributed by atoms with E-state index < -0.39 is 0 Å². The molecule has 1 amide bonds. The fourth-order valence-corrected chi connectivity index (χ4v) is 2.33. The van der Waals surface area contributed by atoms with Crippen LogP contribution in [0.15, 0.2) is 42.5 Å². The quantitative estimate of drug-likeness (QED) is 0.871. The van der Waals surface area contributed by atoms with Crippen molar-refractivity contribution in [1.29, 1.82) is 0 Å². The van der Waals surface area contributed by atoms with E-state index in [9.17, 15) is 4.79 Å². The highest BCUT2D eigenvalue weighted by molar-refractivity contribution is 5.94. The van der Waals surface area contributed by atoms with Crippen molar-refractivity contribution < 1.29 is 19.0 Å². The molecule has 0 atom stereocenters. The number of carbonyl (C=O) groups is 1. The first-order chi connectivity index (χ1) is 10.7. The van der Waals surface area contributed by atoms with Gasteiger partial charge in [0, 0.05) is 19.2 Å². The first-order valence-corrected chi connectivity index (χ1v) is 6.95. The summed E-state index contributed by atoms with van der Waals surface area (Å²) in [5, 5.41) is 0. The zero-order valence-electron chi connectivity index (χ0n) is 12.5. The van der Waals surface area contributed by atoms with Gasteiger partial charge >= 0.3 is 0 Å². The van der Waals surface area contributed by atoms with Gasteiger partial charge in [-0.05, 0) is 35.9 Å². The Kier molecular flexibility index (Phi) is 3.87. The second kappa shape index (κ2) is 5.97. The van der Waals surface area contributed by atoms with E-state index in [1.807, 2.05) is 24.3 Å². The molecule has 0 bridgehead atoms. The lowest BCUT2D eigenvalue weighted by molar-refractivity contribution is 0.0784. The van der Waals surface area contributed by atoms with Crippen LogP contribution in [-0.2, 0) is 6.54 Å². The molecule has 22 heavy (non-hydrogen) atoms. The predicted octanol–water partition coefficient (Wildman–Crippen LogP) is 2.70. The molecule has 2 aromatic carbocycles. The van der Waals surface area contributed by atoms with Gasteiger partial charge in [-0.15, -0.1) is 0 Å². The normalized spacial score (nSPS) is 12.1. The Morgan fingerprint density at radius 2 is 1.86 bits per heavy atom. The van der Waals surface area contributed by atoms with Crippen LogP contribution in [-0.4, -0.2) is 31.8 Å². The molecule has 0 aromatic heterocycles. The third-order valence-corrected chi connectivity index (χ3v) is 3.55. The standard InChI is InChI=1S/C17H17NO4/c1-18(10-12-3-6-14(20-2)7-4-12)17(19)13-5-8-15-16(9-13)22-11-21-15/h3-9H,10-11H2,1-2H3. The molecule has 3 rings (SSSR count). The van der Waals surface area contributed by atoms with Crippen molar-refractivity contribution in [2.75, 3.05) is 21.0 Å². The SMILES string of the molecule is COc1ccc(CN(C)C(=O)c2ccc3c(c2)OCO3)cc1. The molecule has 0 unspecified atom stereocenters. The number of methoxy groups -OCH3 is 1. The Labute approximate surface area is 129 Å². The van der Waals surface area contributed by atoms with E-state index in [0.29, 0.717) is 23.6 Å². The highest BCUT2D eigenvalue weighted by Gasteiger charge is 2.18. The van der Waals surface area contributed by atoms with Crippen molar-refractivity contribution >= 4 is 5.91 Å². The molecule has 1 aliphatic rings. The highest BCUT2D eigenvalue weighted by Crippen LogP contribution is 2.32. The lowest BCUT2D eigenvalue weighted by Gasteiger charge is -2.17. The van der Waals surface area contributed by atoms with Gasteiger partial charge in [0.25, 0.3) is 5.91 Å². The minimum Gasteiger partial charge on any atom is -0.497 e. The molecule has 5 heteroatoms. The molecule has 114 valence electrons. The third kappa shape index (κ3) is 2.83. The molecular formula is C17H17NO4. The molecule has 0 N–H and O–H groups in total. The number of rotatable bonds is 4. The second-order valence-electron chi connectivity index (χ2n) is 5.08. The van der Waals surface area contributed by atoms with Crippen LogP contribution in [0.5, 0.6) is 17.2 Å². The summed E-state index contributed by atoms with van der Waals surface area (Å²) in [7, 11) is 3.40. The van der Waals surface area contributed by atoms with Gasteiger partial charge in [-0.25, -0.2) is 0 Å². The number of nitrogens with zero attached hydrogens (tertiary/aromatic N) is 1. The van der Waals surface area contributed by atoms with Crippen LogP contribution in [0.2, 0.25) is 0 Å². The summed E-state index contributed by atoms with van der Waals surface area (Å²) in [6.45, 7) is 0.728. The second-order valence-corrected chi connectivity index (χ2v) is 5.08. The number of fused-ring (bicyclic) bond motifs is 1. The smallest absolute Gasteiger partial charge is 0.254 e. The summed E-state index contributed by atoms with van der Waals surface area (Å²) < 4.78 is 15.7. The van der Waals surface area contributed by atoms with Crippen molar-refractivity contribution in [1.82, 2.24) is 4.90 Å². The lowest BCUT2D eigenvalue weighted by atomic mass is 10.1. The molecule has 0 radical (unpaired) electrons. The van der Waals surface area contributed by atoms with Gasteiger partial charge in [-0.3, -0.25) is 4.79 Å². The van der Waals surface area contributed by atoms with E-state index in [4.69, 9.17) is 14.2 Å². The molecule has 5 nitrogen and oxygen atoms in total. The van der Waals surface area contributed by atoms with E-state index in [1.165, 1.54) is 0 Å². The topological polar surface area (TPSA) is 48.0 Å². The summed E-state index contributed by atoms with van der Waals surface area (Å²) in [5.74, 6) is 2.03. The number of hydrogen-bond donors (Lipinski definition) is 0. The summed E-state index contributed by atoms with van der Waals surface area (Å²) in [6.07, 6.45) is 0. The van der Waals surface area contributed by atoms with E-state index in [1.54, 1.807) is 37.3 Å². The summed E-state index contributed by atoms with van der Waals surface area (Å²) in [5.41, 5.74) is 1.62. The Bertz CT molecular complexity index is 682. The summed E-state index contributed by atoms with van der Waals surface area (Å²) >= 11 is 0. The predicted molar refractivity (Wildman–Crippen MR) is 81.4 cm³/mol. The van der Waals surface area contributed by atoms with Crippen LogP contribution in [0.1, 0.15) is 15.9 Å². The number of hydrogen-bond acceptors (Lipinski definition) is 4. The van der Waals surface area contributed by atoms with E-state index in [-0.39, 0.29) is 12.7 Å². The van der Waals surface area contributed by atoms with Crippen molar-refractivity contribution in [3.8, 4) is 17.2 Å². The van der Waals surface area contributed by atoms with Crippen molar-refractivity contribution in [2.45, 2.75) is 6.54 Å². The molecule has 0 fully saturated rings. The van der Waals surface area contributed by atoms with Gasteiger partial charge in [0.2, 0.25) is 6.79 Å². The molecule has 0 aliphatic carbocycles. The van der Waals surface area contributed by atoms with Crippen LogP contribution in [0.25, 0.3) is 0 Å². The molecule has 1 aliphatic heterocycles. The van der Waals surface area contributed by atoms with E-state index in [2.05, 4.69) is 0 Å². The van der Waals surface area contributed by atoms with Crippen LogP contribution in [0, 0.1) is 0 Å². The number of amides is 1. The van der Waals surface area contributed by atoms with Crippen LogP contribution in [0.3, 0.4) is 0 Å². The number of ether oxygens (including phenoxy) is 3. The average Bonchev–Trinajstić information content (AvgIpc) is 3.02. The minimum atomic E-state index is -0.0610. The maximum absolute atomic E-state index is 12.5. The maximum atomic E-state index is 12.5.